The highest BCUT2D eigenvalue weighted by Crippen LogP contribution is 2.32. The van der Waals surface area contributed by atoms with Crippen LogP contribution in [0.1, 0.15) is 6.92 Å². The second-order valence-corrected chi connectivity index (χ2v) is 9.98. The van der Waals surface area contributed by atoms with Crippen LogP contribution in [0.25, 0.3) is 33.4 Å². The SMILES string of the molecule is CC(=O)Nc1ccc(NC(=O)Nc2ccc(-c3nc(N4CCOCC4)c4ccc(-c5cccnc5)cc4n3)cc2)c(F)c1. The number of rotatable bonds is 6. The number of pyridine rings is 1. The molecule has 3 amide bonds. The quantitative estimate of drug-likeness (QED) is 0.228. The summed E-state index contributed by atoms with van der Waals surface area (Å²) >= 11 is 0. The number of anilines is 4. The molecule has 216 valence electrons. The van der Waals surface area contributed by atoms with Gasteiger partial charge in [0.2, 0.25) is 5.91 Å². The Morgan fingerprint density at radius 2 is 1.60 bits per heavy atom. The Morgan fingerprint density at radius 3 is 2.33 bits per heavy atom. The highest BCUT2D eigenvalue weighted by Gasteiger charge is 2.19. The summed E-state index contributed by atoms with van der Waals surface area (Å²) < 4.78 is 20.0. The number of amides is 3. The van der Waals surface area contributed by atoms with Gasteiger partial charge in [0.15, 0.2) is 5.82 Å². The second-order valence-electron chi connectivity index (χ2n) is 9.98. The molecule has 0 radical (unpaired) electrons. The molecule has 3 N–H and O–H groups in total. The number of urea groups is 1. The van der Waals surface area contributed by atoms with Gasteiger partial charge in [0, 0.05) is 60.3 Å². The van der Waals surface area contributed by atoms with Crippen molar-refractivity contribution in [1.82, 2.24) is 15.0 Å². The largest absolute Gasteiger partial charge is 0.378 e. The van der Waals surface area contributed by atoms with Crippen LogP contribution in [-0.4, -0.2) is 53.2 Å². The van der Waals surface area contributed by atoms with Crippen LogP contribution in [0.3, 0.4) is 0 Å². The first-order valence-corrected chi connectivity index (χ1v) is 13.7. The van der Waals surface area contributed by atoms with Crippen LogP contribution in [-0.2, 0) is 9.53 Å². The van der Waals surface area contributed by atoms with Crippen LogP contribution in [0.2, 0.25) is 0 Å². The molecule has 1 fully saturated rings. The zero-order valence-electron chi connectivity index (χ0n) is 23.3. The Bertz CT molecular complexity index is 1790. The van der Waals surface area contributed by atoms with Gasteiger partial charge in [-0.05, 0) is 66.2 Å². The summed E-state index contributed by atoms with van der Waals surface area (Å²) in [6, 6.07) is 20.6. The number of nitrogens with one attached hydrogen (secondary N) is 3. The van der Waals surface area contributed by atoms with E-state index < -0.39 is 11.8 Å². The predicted octanol–water partition coefficient (Wildman–Crippen LogP) is 5.94. The first-order valence-electron chi connectivity index (χ1n) is 13.7. The molecule has 1 aliphatic heterocycles. The number of carbonyl (C=O) groups excluding carboxylic acids is 2. The Balaban J connectivity index is 1.25. The van der Waals surface area contributed by atoms with Crippen LogP contribution in [0, 0.1) is 5.82 Å². The first kappa shape index (κ1) is 27.7. The van der Waals surface area contributed by atoms with E-state index in [9.17, 15) is 14.0 Å². The summed E-state index contributed by atoms with van der Waals surface area (Å²) in [6.07, 6.45) is 3.57. The van der Waals surface area contributed by atoms with Crippen molar-refractivity contribution in [2.45, 2.75) is 6.92 Å². The van der Waals surface area contributed by atoms with E-state index in [4.69, 9.17) is 14.7 Å². The lowest BCUT2D eigenvalue weighted by atomic mass is 10.0. The molecule has 3 aromatic carbocycles. The Hall–Kier alpha value is -5.42. The van der Waals surface area contributed by atoms with Crippen LogP contribution in [0.4, 0.5) is 32.1 Å². The summed E-state index contributed by atoms with van der Waals surface area (Å²) in [6.45, 7) is 4.03. The van der Waals surface area contributed by atoms with Crippen LogP contribution < -0.4 is 20.9 Å². The number of ether oxygens (including phenoxy) is 1. The van der Waals surface area contributed by atoms with E-state index in [1.165, 1.54) is 19.1 Å². The molecule has 0 bridgehead atoms. The third kappa shape index (κ3) is 6.41. The molecular weight excluding hydrogens is 549 g/mol. The van der Waals surface area contributed by atoms with E-state index in [2.05, 4.69) is 31.9 Å². The Labute approximate surface area is 247 Å². The minimum atomic E-state index is -0.673. The molecule has 3 heterocycles. The monoisotopic (exact) mass is 577 g/mol. The molecule has 6 rings (SSSR count). The predicted molar refractivity (Wildman–Crippen MR) is 165 cm³/mol. The van der Waals surface area contributed by atoms with Crippen molar-refractivity contribution in [2.24, 2.45) is 0 Å². The molecule has 0 saturated carbocycles. The molecule has 5 aromatic rings. The fourth-order valence-corrected chi connectivity index (χ4v) is 4.86. The van der Waals surface area contributed by atoms with Gasteiger partial charge in [-0.1, -0.05) is 12.1 Å². The van der Waals surface area contributed by atoms with Gasteiger partial charge >= 0.3 is 6.03 Å². The van der Waals surface area contributed by atoms with Gasteiger partial charge in [0.05, 0.1) is 24.4 Å². The second kappa shape index (κ2) is 12.2. The zero-order valence-corrected chi connectivity index (χ0v) is 23.3. The summed E-state index contributed by atoms with van der Waals surface area (Å²) in [5, 5.41) is 8.64. The first-order chi connectivity index (χ1) is 20.9. The van der Waals surface area contributed by atoms with Crippen molar-refractivity contribution in [3.05, 3.63) is 91.0 Å². The fraction of sp³-hybridized carbons (Fsp3) is 0.156. The lowest BCUT2D eigenvalue weighted by Crippen LogP contribution is -2.37. The van der Waals surface area contributed by atoms with Gasteiger partial charge in [-0.2, -0.15) is 0 Å². The summed E-state index contributed by atoms with van der Waals surface area (Å²) in [7, 11) is 0. The van der Waals surface area contributed by atoms with E-state index in [0.29, 0.717) is 30.4 Å². The van der Waals surface area contributed by atoms with Gasteiger partial charge in [0.25, 0.3) is 0 Å². The third-order valence-corrected chi connectivity index (χ3v) is 6.92. The van der Waals surface area contributed by atoms with Crippen molar-refractivity contribution in [3.63, 3.8) is 0 Å². The van der Waals surface area contributed by atoms with Crippen LogP contribution >= 0.6 is 0 Å². The number of aromatic nitrogens is 3. The number of halogens is 1. The highest BCUT2D eigenvalue weighted by atomic mass is 19.1. The number of hydrogen-bond acceptors (Lipinski definition) is 7. The van der Waals surface area contributed by atoms with Crippen molar-refractivity contribution >= 4 is 45.7 Å². The summed E-state index contributed by atoms with van der Waals surface area (Å²) in [5.74, 6) is 0.402. The number of benzene rings is 3. The molecule has 0 unspecified atom stereocenters. The molecule has 2 aromatic heterocycles. The number of nitrogens with zero attached hydrogens (tertiary/aromatic N) is 4. The molecule has 0 aliphatic carbocycles. The van der Waals surface area contributed by atoms with E-state index in [1.807, 2.05) is 42.6 Å². The van der Waals surface area contributed by atoms with Gasteiger partial charge in [-0.3, -0.25) is 9.78 Å². The van der Waals surface area contributed by atoms with Gasteiger partial charge in [-0.25, -0.2) is 19.2 Å². The average Bonchev–Trinajstić information content (AvgIpc) is 3.02. The molecule has 11 heteroatoms. The Kier molecular flexibility index (Phi) is 7.88. The van der Waals surface area contributed by atoms with Crippen molar-refractivity contribution < 1.29 is 18.7 Å². The molecule has 0 atom stereocenters. The number of carbonyl (C=O) groups is 2. The van der Waals surface area contributed by atoms with Crippen molar-refractivity contribution in [2.75, 3.05) is 47.2 Å². The van der Waals surface area contributed by atoms with Crippen LogP contribution in [0.5, 0.6) is 0 Å². The molecule has 0 spiro atoms. The average molecular weight is 578 g/mol. The minimum absolute atomic E-state index is 0.0194. The maximum absolute atomic E-state index is 14.4. The highest BCUT2D eigenvalue weighted by molar-refractivity contribution is 6.00. The van der Waals surface area contributed by atoms with E-state index >= 15 is 0 Å². The standard InChI is InChI=1S/C32H28FN7O3/c1-20(41)35-25-9-11-28(27(33)18-25)38-32(42)36-24-7-4-21(5-8-24)30-37-29-17-22(23-3-2-12-34-19-23)6-10-26(29)31(39-30)40-13-15-43-16-14-40/h2-12,17-19H,13-16H2,1H3,(H,35,41)(H2,36,38,42). The van der Waals surface area contributed by atoms with E-state index in [0.717, 1.165) is 52.6 Å². The lowest BCUT2D eigenvalue weighted by molar-refractivity contribution is -0.114. The van der Waals surface area contributed by atoms with Gasteiger partial charge < -0.3 is 25.6 Å². The molecule has 43 heavy (non-hydrogen) atoms. The van der Waals surface area contributed by atoms with Gasteiger partial charge in [0.1, 0.15) is 11.6 Å². The zero-order chi connectivity index (χ0) is 29.8. The van der Waals surface area contributed by atoms with Gasteiger partial charge in [-0.15, -0.1) is 0 Å². The summed E-state index contributed by atoms with van der Waals surface area (Å²) in [4.78, 5) is 40.1. The Morgan fingerprint density at radius 1 is 0.837 bits per heavy atom. The minimum Gasteiger partial charge on any atom is -0.378 e. The maximum atomic E-state index is 14.4. The van der Waals surface area contributed by atoms with Crippen LogP contribution in [0.15, 0.2) is 85.2 Å². The fourth-order valence-electron chi connectivity index (χ4n) is 4.86. The smallest absolute Gasteiger partial charge is 0.323 e. The normalized spacial score (nSPS) is 13.0. The maximum Gasteiger partial charge on any atom is 0.323 e. The molecule has 1 saturated heterocycles. The molecular formula is C32H28FN7O3. The van der Waals surface area contributed by atoms with E-state index in [-0.39, 0.29) is 11.6 Å². The molecule has 1 aliphatic rings. The number of fused-ring (bicyclic) bond motifs is 1. The molecule has 10 nitrogen and oxygen atoms in total. The van der Waals surface area contributed by atoms with Crippen molar-refractivity contribution in [1.29, 1.82) is 0 Å². The summed E-state index contributed by atoms with van der Waals surface area (Å²) in [5.41, 5.74) is 4.36. The van der Waals surface area contributed by atoms with E-state index in [1.54, 1.807) is 18.3 Å². The third-order valence-electron chi connectivity index (χ3n) is 6.92. The topological polar surface area (TPSA) is 121 Å². The van der Waals surface area contributed by atoms with Crippen molar-refractivity contribution in [3.8, 4) is 22.5 Å². The number of morpholine rings is 1. The lowest BCUT2D eigenvalue weighted by Gasteiger charge is -2.29. The number of hydrogen-bond donors (Lipinski definition) is 3.